The lowest BCUT2D eigenvalue weighted by atomic mass is 10.1. The second-order valence-corrected chi connectivity index (χ2v) is 5.57. The molecule has 0 bridgehead atoms. The van der Waals surface area contributed by atoms with Gasteiger partial charge in [-0.3, -0.25) is 4.57 Å². The van der Waals surface area contributed by atoms with Crippen LogP contribution in [0.4, 0.5) is 0 Å². The van der Waals surface area contributed by atoms with Gasteiger partial charge in [0, 0.05) is 6.54 Å². The van der Waals surface area contributed by atoms with E-state index in [0.29, 0.717) is 28.1 Å². The molecule has 5 nitrogen and oxygen atoms in total. The Kier molecular flexibility index (Phi) is 3.73. The fraction of sp³-hybridized carbons (Fsp3) is 0.267. The first-order valence-corrected chi connectivity index (χ1v) is 7.46. The fourth-order valence-corrected chi connectivity index (χ4v) is 2.65. The molecule has 0 aliphatic rings. The summed E-state index contributed by atoms with van der Waals surface area (Å²) < 4.78 is 12.7. The molecule has 1 unspecified atom stereocenters. The van der Waals surface area contributed by atoms with E-state index in [9.17, 15) is 9.90 Å². The Balaban J connectivity index is 2.03. The molecule has 0 spiro atoms. The number of rotatable bonds is 4. The Bertz CT molecular complexity index is 830. The lowest BCUT2D eigenvalue weighted by Gasteiger charge is -2.08. The molecule has 1 atom stereocenters. The number of oxazole rings is 1. The molecular formula is C15H14BrNO4. The van der Waals surface area contributed by atoms with E-state index in [1.54, 1.807) is 34.9 Å². The van der Waals surface area contributed by atoms with E-state index < -0.39 is 6.10 Å². The number of halogens is 1. The average Bonchev–Trinajstić information content (AvgIpc) is 3.02. The molecule has 21 heavy (non-hydrogen) atoms. The van der Waals surface area contributed by atoms with Crippen LogP contribution < -0.4 is 5.76 Å². The second-order valence-electron chi connectivity index (χ2n) is 4.79. The Morgan fingerprint density at radius 3 is 2.76 bits per heavy atom. The second kappa shape index (κ2) is 5.54. The van der Waals surface area contributed by atoms with Gasteiger partial charge >= 0.3 is 5.76 Å². The largest absolute Gasteiger partial charge is 0.451 e. The summed E-state index contributed by atoms with van der Waals surface area (Å²) in [6.45, 7) is 2.61. The van der Waals surface area contributed by atoms with Gasteiger partial charge in [-0.1, -0.05) is 13.0 Å². The first kappa shape index (κ1) is 14.2. The molecular weight excluding hydrogens is 338 g/mol. The van der Waals surface area contributed by atoms with Crippen molar-refractivity contribution in [3.8, 4) is 0 Å². The van der Waals surface area contributed by atoms with Crippen molar-refractivity contribution in [1.29, 1.82) is 0 Å². The van der Waals surface area contributed by atoms with Crippen LogP contribution in [0, 0.1) is 0 Å². The maximum Gasteiger partial charge on any atom is 0.419 e. The zero-order valence-electron chi connectivity index (χ0n) is 11.4. The van der Waals surface area contributed by atoms with Gasteiger partial charge in [0.15, 0.2) is 10.3 Å². The third-order valence-electron chi connectivity index (χ3n) is 3.32. The maximum absolute atomic E-state index is 11.8. The number of nitrogens with zero attached hydrogens (tertiary/aromatic N) is 1. The summed E-state index contributed by atoms with van der Waals surface area (Å²) in [6, 6.07) is 8.63. The van der Waals surface area contributed by atoms with E-state index in [2.05, 4.69) is 15.9 Å². The van der Waals surface area contributed by atoms with Crippen molar-refractivity contribution in [2.24, 2.45) is 0 Å². The van der Waals surface area contributed by atoms with Crippen molar-refractivity contribution < 1.29 is 13.9 Å². The third-order valence-corrected chi connectivity index (χ3v) is 3.74. The van der Waals surface area contributed by atoms with Gasteiger partial charge in [-0.15, -0.1) is 0 Å². The zero-order valence-corrected chi connectivity index (χ0v) is 13.0. The smallest absolute Gasteiger partial charge is 0.419 e. The minimum Gasteiger partial charge on any atom is -0.451 e. The van der Waals surface area contributed by atoms with Crippen molar-refractivity contribution >= 4 is 27.0 Å². The quantitative estimate of drug-likeness (QED) is 0.781. The van der Waals surface area contributed by atoms with Gasteiger partial charge in [-0.2, -0.15) is 0 Å². The van der Waals surface area contributed by atoms with Crippen molar-refractivity contribution in [1.82, 2.24) is 4.57 Å². The highest BCUT2D eigenvalue weighted by atomic mass is 79.9. The number of aliphatic hydroxyl groups is 1. The van der Waals surface area contributed by atoms with Crippen molar-refractivity contribution in [2.75, 3.05) is 0 Å². The minimum atomic E-state index is -0.902. The summed E-state index contributed by atoms with van der Waals surface area (Å²) in [5.41, 5.74) is 1.82. The number of aryl methyl sites for hydroxylation is 1. The van der Waals surface area contributed by atoms with Crippen LogP contribution in [0.25, 0.3) is 11.1 Å². The van der Waals surface area contributed by atoms with E-state index in [1.165, 1.54) is 0 Å². The highest BCUT2D eigenvalue weighted by molar-refractivity contribution is 9.10. The van der Waals surface area contributed by atoms with Crippen LogP contribution in [0.3, 0.4) is 0 Å². The molecule has 0 fully saturated rings. The van der Waals surface area contributed by atoms with E-state index >= 15 is 0 Å². The van der Waals surface area contributed by atoms with Gasteiger partial charge < -0.3 is 13.9 Å². The Morgan fingerprint density at radius 1 is 1.29 bits per heavy atom. The molecule has 2 heterocycles. The van der Waals surface area contributed by atoms with Crippen LogP contribution in [0.5, 0.6) is 0 Å². The summed E-state index contributed by atoms with van der Waals surface area (Å²) in [7, 11) is 0. The molecule has 1 N–H and O–H groups in total. The standard InChI is InChI=1S/C15H14BrNO4/c1-2-7-17-10-4-3-9(8-12(10)21-15(17)19)14(18)11-5-6-13(16)20-11/h3-6,8,14,18H,2,7H2,1H3. The van der Waals surface area contributed by atoms with Crippen LogP contribution in [0.1, 0.15) is 30.8 Å². The monoisotopic (exact) mass is 351 g/mol. The van der Waals surface area contributed by atoms with Crippen LogP contribution in [0.15, 0.2) is 48.6 Å². The van der Waals surface area contributed by atoms with E-state index in [-0.39, 0.29) is 5.76 Å². The molecule has 6 heteroatoms. The average molecular weight is 352 g/mol. The number of aliphatic hydroxyl groups excluding tert-OH is 1. The Morgan fingerprint density at radius 2 is 2.10 bits per heavy atom. The van der Waals surface area contributed by atoms with Crippen LogP contribution in [-0.2, 0) is 6.54 Å². The molecule has 0 saturated heterocycles. The van der Waals surface area contributed by atoms with E-state index in [0.717, 1.165) is 11.9 Å². The van der Waals surface area contributed by atoms with Crippen molar-refractivity contribution in [3.05, 3.63) is 56.9 Å². The third kappa shape index (κ3) is 2.56. The van der Waals surface area contributed by atoms with Crippen LogP contribution in [-0.4, -0.2) is 9.67 Å². The zero-order chi connectivity index (χ0) is 15.0. The Labute approximate surface area is 128 Å². The normalized spacial score (nSPS) is 12.9. The van der Waals surface area contributed by atoms with Crippen molar-refractivity contribution in [2.45, 2.75) is 26.0 Å². The molecule has 0 radical (unpaired) electrons. The summed E-state index contributed by atoms with van der Waals surface area (Å²) in [4.78, 5) is 11.8. The summed E-state index contributed by atoms with van der Waals surface area (Å²) >= 11 is 3.20. The van der Waals surface area contributed by atoms with Gasteiger partial charge in [0.2, 0.25) is 0 Å². The van der Waals surface area contributed by atoms with Crippen LogP contribution >= 0.6 is 15.9 Å². The summed E-state index contributed by atoms with van der Waals surface area (Å²) in [5.74, 6) is 0.0517. The topological polar surface area (TPSA) is 68.5 Å². The highest BCUT2D eigenvalue weighted by Crippen LogP contribution is 2.28. The number of hydrogen-bond donors (Lipinski definition) is 1. The molecule has 0 amide bonds. The lowest BCUT2D eigenvalue weighted by Crippen LogP contribution is -2.13. The van der Waals surface area contributed by atoms with E-state index in [1.807, 2.05) is 6.92 Å². The first-order valence-electron chi connectivity index (χ1n) is 6.66. The maximum atomic E-state index is 11.8. The minimum absolute atomic E-state index is 0.376. The van der Waals surface area contributed by atoms with Gasteiger partial charge in [-0.05, 0) is 52.2 Å². The molecule has 2 aromatic heterocycles. The SMILES string of the molecule is CCCn1c(=O)oc2cc(C(O)c3ccc(Br)o3)ccc21. The van der Waals surface area contributed by atoms with Crippen molar-refractivity contribution in [3.63, 3.8) is 0 Å². The molecule has 110 valence electrons. The molecule has 0 saturated carbocycles. The predicted octanol–water partition coefficient (Wildman–Crippen LogP) is 3.44. The highest BCUT2D eigenvalue weighted by Gasteiger charge is 2.17. The summed E-state index contributed by atoms with van der Waals surface area (Å²) in [6.07, 6.45) is -0.0557. The predicted molar refractivity (Wildman–Crippen MR) is 81.2 cm³/mol. The number of furan rings is 1. The van der Waals surface area contributed by atoms with Gasteiger partial charge in [0.1, 0.15) is 11.9 Å². The van der Waals surface area contributed by atoms with E-state index in [4.69, 9.17) is 8.83 Å². The molecule has 3 aromatic rings. The number of aromatic nitrogens is 1. The fourth-order valence-electron chi connectivity index (χ4n) is 2.33. The lowest BCUT2D eigenvalue weighted by molar-refractivity contribution is 0.187. The first-order chi connectivity index (χ1) is 10.1. The van der Waals surface area contributed by atoms with Gasteiger partial charge in [-0.25, -0.2) is 4.79 Å². The van der Waals surface area contributed by atoms with Gasteiger partial charge in [0.05, 0.1) is 5.52 Å². The number of benzene rings is 1. The molecule has 0 aliphatic heterocycles. The Hall–Kier alpha value is -1.79. The van der Waals surface area contributed by atoms with Crippen LogP contribution in [0.2, 0.25) is 0 Å². The number of hydrogen-bond acceptors (Lipinski definition) is 4. The number of fused-ring (bicyclic) bond motifs is 1. The van der Waals surface area contributed by atoms with Gasteiger partial charge in [0.25, 0.3) is 0 Å². The molecule has 0 aliphatic carbocycles. The summed E-state index contributed by atoms with van der Waals surface area (Å²) in [5, 5.41) is 10.3. The molecule has 3 rings (SSSR count). The molecule has 1 aromatic carbocycles.